The maximum Gasteiger partial charge on any atom is 0.346 e. The SMILES string of the molecule is COc1ccc(CCC(=O)NCC(Oc2ccc(F)cc2)C(=O)O)cc1OC. The molecule has 2 N–H and O–H groups in total. The number of carboxylic acids is 1. The van der Waals surface area contributed by atoms with E-state index < -0.39 is 17.9 Å². The minimum atomic E-state index is -1.28. The zero-order chi connectivity index (χ0) is 20.5. The number of benzene rings is 2. The molecule has 0 heterocycles. The monoisotopic (exact) mass is 391 g/mol. The van der Waals surface area contributed by atoms with Crippen molar-refractivity contribution in [3.63, 3.8) is 0 Å². The fourth-order valence-corrected chi connectivity index (χ4v) is 2.45. The van der Waals surface area contributed by atoms with E-state index in [1.54, 1.807) is 12.1 Å². The zero-order valence-electron chi connectivity index (χ0n) is 15.6. The molecular formula is C20H22FNO6. The van der Waals surface area contributed by atoms with E-state index >= 15 is 0 Å². The van der Waals surface area contributed by atoms with Crippen LogP contribution in [0.15, 0.2) is 42.5 Å². The number of nitrogens with one attached hydrogen (secondary N) is 1. The first-order valence-electron chi connectivity index (χ1n) is 8.55. The number of carbonyl (C=O) groups excluding carboxylic acids is 1. The number of rotatable bonds is 10. The second-order valence-corrected chi connectivity index (χ2v) is 5.89. The van der Waals surface area contributed by atoms with E-state index in [9.17, 15) is 19.1 Å². The summed E-state index contributed by atoms with van der Waals surface area (Å²) < 4.78 is 28.6. The molecule has 1 unspecified atom stereocenters. The molecular weight excluding hydrogens is 369 g/mol. The van der Waals surface area contributed by atoms with E-state index in [-0.39, 0.29) is 24.6 Å². The summed E-state index contributed by atoms with van der Waals surface area (Å²) in [5.41, 5.74) is 0.880. The van der Waals surface area contributed by atoms with E-state index in [1.165, 1.54) is 26.4 Å². The molecule has 28 heavy (non-hydrogen) atoms. The van der Waals surface area contributed by atoms with Gasteiger partial charge in [0, 0.05) is 6.42 Å². The molecule has 2 rings (SSSR count). The zero-order valence-corrected chi connectivity index (χ0v) is 15.6. The molecule has 0 radical (unpaired) electrons. The van der Waals surface area contributed by atoms with Gasteiger partial charge >= 0.3 is 5.97 Å². The van der Waals surface area contributed by atoms with Crippen molar-refractivity contribution in [2.45, 2.75) is 18.9 Å². The van der Waals surface area contributed by atoms with E-state index in [0.717, 1.165) is 17.7 Å². The highest BCUT2D eigenvalue weighted by Gasteiger charge is 2.20. The molecule has 2 aromatic rings. The lowest BCUT2D eigenvalue weighted by Gasteiger charge is -2.16. The molecule has 2 aromatic carbocycles. The summed E-state index contributed by atoms with van der Waals surface area (Å²) in [6.45, 7) is -0.211. The Morgan fingerprint density at radius 1 is 1.07 bits per heavy atom. The molecule has 0 fully saturated rings. The molecule has 0 aromatic heterocycles. The molecule has 7 nitrogen and oxygen atoms in total. The average molecular weight is 391 g/mol. The van der Waals surface area contributed by atoms with Crippen LogP contribution in [0.3, 0.4) is 0 Å². The molecule has 150 valence electrons. The first-order chi connectivity index (χ1) is 13.4. The largest absolute Gasteiger partial charge is 0.493 e. The predicted molar refractivity (Wildman–Crippen MR) is 99.3 cm³/mol. The van der Waals surface area contributed by atoms with Crippen molar-refractivity contribution in [1.29, 1.82) is 0 Å². The number of methoxy groups -OCH3 is 2. The van der Waals surface area contributed by atoms with Gasteiger partial charge in [-0.15, -0.1) is 0 Å². The van der Waals surface area contributed by atoms with E-state index in [4.69, 9.17) is 14.2 Å². The normalized spacial score (nSPS) is 11.4. The van der Waals surface area contributed by atoms with Gasteiger partial charge in [0.15, 0.2) is 11.5 Å². The number of ether oxygens (including phenoxy) is 3. The Kier molecular flexibility index (Phi) is 7.62. The number of amides is 1. The van der Waals surface area contributed by atoms with Crippen LogP contribution in [-0.4, -0.2) is 43.9 Å². The summed E-state index contributed by atoms with van der Waals surface area (Å²) in [5.74, 6) is -0.638. The van der Waals surface area contributed by atoms with Crippen LogP contribution in [0, 0.1) is 5.82 Å². The molecule has 8 heteroatoms. The first-order valence-corrected chi connectivity index (χ1v) is 8.55. The fraction of sp³-hybridized carbons (Fsp3) is 0.300. The van der Waals surface area contributed by atoms with Crippen LogP contribution in [0.4, 0.5) is 4.39 Å². The first kappa shape index (κ1) is 21.0. The maximum atomic E-state index is 12.9. The quantitative estimate of drug-likeness (QED) is 0.646. The summed E-state index contributed by atoms with van der Waals surface area (Å²) in [5, 5.41) is 11.8. The highest BCUT2D eigenvalue weighted by molar-refractivity contribution is 5.78. The molecule has 0 spiro atoms. The summed E-state index contributed by atoms with van der Waals surface area (Å²) in [6.07, 6.45) is -0.670. The van der Waals surface area contributed by atoms with E-state index in [2.05, 4.69) is 5.32 Å². The van der Waals surface area contributed by atoms with Crippen LogP contribution in [0.1, 0.15) is 12.0 Å². The molecule has 0 saturated carbocycles. The summed E-state index contributed by atoms with van der Waals surface area (Å²) >= 11 is 0. The molecule has 0 bridgehead atoms. The van der Waals surface area contributed by atoms with Gasteiger partial charge < -0.3 is 24.6 Å². The Morgan fingerprint density at radius 2 is 1.75 bits per heavy atom. The molecule has 0 aliphatic carbocycles. The van der Waals surface area contributed by atoms with Crippen LogP contribution in [-0.2, 0) is 16.0 Å². The second-order valence-electron chi connectivity index (χ2n) is 5.89. The van der Waals surface area contributed by atoms with Crippen molar-refractivity contribution in [1.82, 2.24) is 5.32 Å². The number of carboxylic acid groups (broad SMARTS) is 1. The van der Waals surface area contributed by atoms with E-state index in [0.29, 0.717) is 17.9 Å². The van der Waals surface area contributed by atoms with Crippen molar-refractivity contribution in [2.24, 2.45) is 0 Å². The molecule has 0 saturated heterocycles. The van der Waals surface area contributed by atoms with Crippen molar-refractivity contribution in [2.75, 3.05) is 20.8 Å². The van der Waals surface area contributed by atoms with Crippen LogP contribution < -0.4 is 19.5 Å². The highest BCUT2D eigenvalue weighted by Crippen LogP contribution is 2.27. The number of hydrogen-bond donors (Lipinski definition) is 2. The second kappa shape index (κ2) is 10.1. The Hall–Kier alpha value is -3.29. The Labute approximate surface area is 162 Å². The van der Waals surface area contributed by atoms with Crippen molar-refractivity contribution in [3.8, 4) is 17.2 Å². The highest BCUT2D eigenvalue weighted by atomic mass is 19.1. The summed E-state index contributed by atoms with van der Waals surface area (Å²) in [4.78, 5) is 23.4. The average Bonchev–Trinajstić information content (AvgIpc) is 2.70. The lowest BCUT2D eigenvalue weighted by atomic mass is 10.1. The van der Waals surface area contributed by atoms with Crippen molar-refractivity contribution >= 4 is 11.9 Å². The van der Waals surface area contributed by atoms with Crippen molar-refractivity contribution < 1.29 is 33.3 Å². The minimum Gasteiger partial charge on any atom is -0.493 e. The topological polar surface area (TPSA) is 94.1 Å². The number of aryl methyl sites for hydroxylation is 1. The summed E-state index contributed by atoms with van der Waals surface area (Å²) in [7, 11) is 3.07. The third-order valence-electron chi connectivity index (χ3n) is 3.94. The molecule has 1 atom stereocenters. The minimum absolute atomic E-state index is 0.165. The summed E-state index contributed by atoms with van der Waals surface area (Å²) in [6, 6.07) is 10.3. The Balaban J connectivity index is 1.85. The van der Waals surface area contributed by atoms with Crippen LogP contribution in [0.2, 0.25) is 0 Å². The van der Waals surface area contributed by atoms with Crippen molar-refractivity contribution in [3.05, 3.63) is 53.8 Å². The van der Waals surface area contributed by atoms with Gasteiger partial charge in [-0.1, -0.05) is 6.07 Å². The Morgan fingerprint density at radius 3 is 2.36 bits per heavy atom. The van der Waals surface area contributed by atoms with E-state index in [1.807, 2.05) is 6.07 Å². The van der Waals surface area contributed by atoms with Crippen LogP contribution >= 0.6 is 0 Å². The number of halogens is 1. The molecule has 0 aliphatic rings. The van der Waals surface area contributed by atoms with Gasteiger partial charge in [-0.2, -0.15) is 0 Å². The van der Waals surface area contributed by atoms with Crippen LogP contribution in [0.25, 0.3) is 0 Å². The van der Waals surface area contributed by atoms with Gasteiger partial charge in [0.1, 0.15) is 11.6 Å². The van der Waals surface area contributed by atoms with Crippen LogP contribution in [0.5, 0.6) is 17.2 Å². The molecule has 0 aliphatic heterocycles. The maximum absolute atomic E-state index is 12.9. The number of aliphatic carboxylic acids is 1. The van der Waals surface area contributed by atoms with Gasteiger partial charge in [0.2, 0.25) is 12.0 Å². The number of carbonyl (C=O) groups is 2. The third-order valence-corrected chi connectivity index (χ3v) is 3.94. The third kappa shape index (κ3) is 6.15. The van der Waals surface area contributed by atoms with Gasteiger partial charge in [-0.3, -0.25) is 4.79 Å². The predicted octanol–water partition coefficient (Wildman–Crippen LogP) is 2.42. The Bertz CT molecular complexity index is 809. The van der Waals surface area contributed by atoms with Gasteiger partial charge in [0.05, 0.1) is 20.8 Å². The lowest BCUT2D eigenvalue weighted by Crippen LogP contribution is -2.40. The van der Waals surface area contributed by atoms with Gasteiger partial charge in [0.25, 0.3) is 0 Å². The lowest BCUT2D eigenvalue weighted by molar-refractivity contribution is -0.145. The standard InChI is InChI=1S/C20H22FNO6/c1-26-16-9-3-13(11-17(16)27-2)4-10-19(23)22-12-18(20(24)25)28-15-7-5-14(21)6-8-15/h3,5-9,11,18H,4,10,12H2,1-2H3,(H,22,23)(H,24,25). The molecule has 1 amide bonds. The fourth-order valence-electron chi connectivity index (χ4n) is 2.45. The number of hydrogen-bond acceptors (Lipinski definition) is 5. The smallest absolute Gasteiger partial charge is 0.346 e. The van der Waals surface area contributed by atoms with Gasteiger partial charge in [-0.25, -0.2) is 9.18 Å². The van der Waals surface area contributed by atoms with Gasteiger partial charge in [-0.05, 0) is 48.4 Å².